The van der Waals surface area contributed by atoms with Crippen LogP contribution in [0, 0.1) is 6.92 Å². The minimum absolute atomic E-state index is 0.163. The predicted molar refractivity (Wildman–Crippen MR) is 132 cm³/mol. The quantitative estimate of drug-likeness (QED) is 0.353. The molecule has 178 valence electrons. The van der Waals surface area contributed by atoms with Crippen LogP contribution in [0.3, 0.4) is 0 Å². The van der Waals surface area contributed by atoms with Crippen molar-refractivity contribution < 1.29 is 17.6 Å². The summed E-state index contributed by atoms with van der Waals surface area (Å²) in [5.41, 5.74) is 1.92. The highest BCUT2D eigenvalue weighted by atomic mass is 32.2. The smallest absolute Gasteiger partial charge is 0.277 e. The van der Waals surface area contributed by atoms with Crippen LogP contribution in [0.15, 0.2) is 69.7 Å². The number of piperidine rings is 1. The number of carbonyl (C=O) groups excluding carboxylic acids is 1. The molecule has 1 aromatic heterocycles. The summed E-state index contributed by atoms with van der Waals surface area (Å²) < 4.78 is 33.6. The molecular formula is C24H26N4O4S2. The van der Waals surface area contributed by atoms with Crippen LogP contribution in [-0.4, -0.2) is 47.7 Å². The number of aryl methyl sites for hydroxylation is 1. The van der Waals surface area contributed by atoms with Gasteiger partial charge in [-0.15, -0.1) is 16.8 Å². The molecule has 4 rings (SSSR count). The van der Waals surface area contributed by atoms with Gasteiger partial charge in [0.1, 0.15) is 0 Å². The number of aromatic nitrogens is 2. The molecule has 3 aromatic rings. The Morgan fingerprint density at radius 1 is 1.18 bits per heavy atom. The molecule has 1 aliphatic rings. The first-order valence-electron chi connectivity index (χ1n) is 11.0. The average molecular weight is 499 g/mol. The molecule has 1 saturated heterocycles. The molecule has 0 spiro atoms. The summed E-state index contributed by atoms with van der Waals surface area (Å²) >= 11 is 1.36. The number of rotatable bonds is 8. The van der Waals surface area contributed by atoms with Crippen molar-refractivity contribution >= 4 is 33.4 Å². The molecule has 0 saturated carbocycles. The zero-order valence-electron chi connectivity index (χ0n) is 18.9. The first-order valence-corrected chi connectivity index (χ1v) is 13.4. The molecule has 0 atom stereocenters. The molecule has 10 heteroatoms. The van der Waals surface area contributed by atoms with Crippen LogP contribution in [-0.2, 0) is 10.0 Å². The molecule has 0 radical (unpaired) electrons. The highest BCUT2D eigenvalue weighted by Crippen LogP contribution is 2.30. The molecule has 2 heterocycles. The Balaban J connectivity index is 1.59. The number of nitrogens with one attached hydrogen (secondary N) is 1. The van der Waals surface area contributed by atoms with Gasteiger partial charge in [0.25, 0.3) is 17.0 Å². The van der Waals surface area contributed by atoms with Crippen molar-refractivity contribution in [2.45, 2.75) is 36.3 Å². The van der Waals surface area contributed by atoms with E-state index in [1.807, 2.05) is 0 Å². The van der Waals surface area contributed by atoms with E-state index < -0.39 is 15.9 Å². The average Bonchev–Trinajstić information content (AvgIpc) is 3.32. The number of thioether (sulfide) groups is 1. The number of hydrogen-bond donors (Lipinski definition) is 1. The van der Waals surface area contributed by atoms with E-state index in [2.05, 4.69) is 22.1 Å². The SMILES string of the molecule is C=CCSc1nnc(-c2ccccc2NC(=O)c2ccc(C)c(S(=O)(=O)N3CCCCC3)c2)o1. The topological polar surface area (TPSA) is 105 Å². The summed E-state index contributed by atoms with van der Waals surface area (Å²) in [6.45, 7) is 6.42. The summed E-state index contributed by atoms with van der Waals surface area (Å²) in [6.07, 6.45) is 4.46. The summed E-state index contributed by atoms with van der Waals surface area (Å²) in [4.78, 5) is 13.3. The Bertz CT molecular complexity index is 1300. The fraction of sp³-hybridized carbons (Fsp3) is 0.292. The third kappa shape index (κ3) is 5.24. The Morgan fingerprint density at radius 3 is 2.71 bits per heavy atom. The van der Waals surface area contributed by atoms with Crippen molar-refractivity contribution in [2.24, 2.45) is 0 Å². The number of nitrogens with zero attached hydrogens (tertiary/aromatic N) is 3. The van der Waals surface area contributed by atoms with Crippen LogP contribution in [0.2, 0.25) is 0 Å². The lowest BCUT2D eigenvalue weighted by atomic mass is 10.1. The molecular weight excluding hydrogens is 472 g/mol. The minimum Gasteiger partial charge on any atom is -0.411 e. The molecule has 1 aliphatic heterocycles. The molecule has 1 fully saturated rings. The van der Waals surface area contributed by atoms with Gasteiger partial charge in [0, 0.05) is 24.4 Å². The molecule has 34 heavy (non-hydrogen) atoms. The van der Waals surface area contributed by atoms with Crippen molar-refractivity contribution in [3.05, 3.63) is 66.2 Å². The number of amides is 1. The van der Waals surface area contributed by atoms with Crippen molar-refractivity contribution in [3.63, 3.8) is 0 Å². The fourth-order valence-corrected chi connectivity index (χ4v) is 6.01. The molecule has 0 aliphatic carbocycles. The van der Waals surface area contributed by atoms with E-state index in [9.17, 15) is 13.2 Å². The predicted octanol–water partition coefficient (Wildman–Crippen LogP) is 4.75. The van der Waals surface area contributed by atoms with Crippen molar-refractivity contribution in [2.75, 3.05) is 24.2 Å². The van der Waals surface area contributed by atoms with Gasteiger partial charge in [-0.25, -0.2) is 8.42 Å². The fourth-order valence-electron chi connectivity index (χ4n) is 3.74. The van der Waals surface area contributed by atoms with E-state index in [1.54, 1.807) is 49.4 Å². The van der Waals surface area contributed by atoms with Crippen LogP contribution in [0.4, 0.5) is 5.69 Å². The Labute approximate surface area is 203 Å². The maximum atomic E-state index is 13.2. The molecule has 2 aromatic carbocycles. The van der Waals surface area contributed by atoms with Gasteiger partial charge in [-0.1, -0.05) is 42.5 Å². The van der Waals surface area contributed by atoms with E-state index in [0.29, 0.717) is 40.9 Å². The summed E-state index contributed by atoms with van der Waals surface area (Å²) in [5.74, 6) is 0.485. The van der Waals surface area contributed by atoms with Crippen molar-refractivity contribution in [3.8, 4) is 11.5 Å². The zero-order valence-corrected chi connectivity index (χ0v) is 20.5. The lowest BCUT2D eigenvalue weighted by Crippen LogP contribution is -2.36. The lowest BCUT2D eigenvalue weighted by Gasteiger charge is -2.26. The summed E-state index contributed by atoms with van der Waals surface area (Å²) in [5, 5.41) is 11.4. The number of para-hydroxylation sites is 1. The molecule has 1 N–H and O–H groups in total. The van der Waals surface area contributed by atoms with Crippen LogP contribution in [0.25, 0.3) is 11.5 Å². The summed E-state index contributed by atoms with van der Waals surface area (Å²) in [7, 11) is -3.67. The van der Waals surface area contributed by atoms with Gasteiger partial charge in [0.2, 0.25) is 10.0 Å². The van der Waals surface area contributed by atoms with Crippen LogP contribution in [0.5, 0.6) is 0 Å². The van der Waals surface area contributed by atoms with Gasteiger partial charge in [0.05, 0.1) is 16.1 Å². The third-order valence-corrected chi connectivity index (χ3v) is 8.37. The van der Waals surface area contributed by atoms with Gasteiger partial charge in [-0.3, -0.25) is 4.79 Å². The largest absolute Gasteiger partial charge is 0.411 e. The number of carbonyl (C=O) groups is 1. The first-order chi connectivity index (χ1) is 16.4. The zero-order chi connectivity index (χ0) is 24.1. The van der Waals surface area contributed by atoms with E-state index in [1.165, 1.54) is 22.1 Å². The Hall–Kier alpha value is -2.95. The maximum absolute atomic E-state index is 13.2. The van der Waals surface area contributed by atoms with Gasteiger partial charge >= 0.3 is 0 Å². The lowest BCUT2D eigenvalue weighted by molar-refractivity contribution is 0.102. The summed E-state index contributed by atoms with van der Waals surface area (Å²) in [6, 6.07) is 11.8. The minimum atomic E-state index is -3.67. The second-order valence-electron chi connectivity index (χ2n) is 7.92. The standard InChI is InChI=1S/C24H26N4O4S2/c1-3-15-33-24-27-26-23(32-24)19-9-5-6-10-20(19)25-22(29)18-12-11-17(2)21(16-18)34(30,31)28-13-7-4-8-14-28/h3,5-6,9-12,16H,1,4,7-8,13-15H2,2H3,(H,25,29). The monoisotopic (exact) mass is 498 g/mol. The van der Waals surface area contributed by atoms with E-state index >= 15 is 0 Å². The highest BCUT2D eigenvalue weighted by molar-refractivity contribution is 7.99. The third-order valence-electron chi connectivity index (χ3n) is 5.52. The van der Waals surface area contributed by atoms with Crippen LogP contribution >= 0.6 is 11.8 Å². The number of anilines is 1. The highest BCUT2D eigenvalue weighted by Gasteiger charge is 2.28. The first kappa shape index (κ1) is 24.2. The Morgan fingerprint density at radius 2 is 1.94 bits per heavy atom. The number of sulfonamides is 1. The van der Waals surface area contributed by atoms with Crippen LogP contribution in [0.1, 0.15) is 35.2 Å². The molecule has 8 nitrogen and oxygen atoms in total. The van der Waals surface area contributed by atoms with Crippen molar-refractivity contribution in [1.82, 2.24) is 14.5 Å². The van der Waals surface area contributed by atoms with Crippen molar-refractivity contribution in [1.29, 1.82) is 0 Å². The number of hydrogen-bond acceptors (Lipinski definition) is 7. The molecule has 0 unspecified atom stereocenters. The Kier molecular flexibility index (Phi) is 7.50. The second kappa shape index (κ2) is 10.5. The van der Waals surface area contributed by atoms with E-state index in [0.717, 1.165) is 19.3 Å². The van der Waals surface area contributed by atoms with Gasteiger partial charge < -0.3 is 9.73 Å². The van der Waals surface area contributed by atoms with E-state index in [-0.39, 0.29) is 16.3 Å². The molecule has 0 bridgehead atoms. The normalized spacial score (nSPS) is 14.6. The van der Waals surface area contributed by atoms with Gasteiger partial charge in [-0.2, -0.15) is 4.31 Å². The molecule has 1 amide bonds. The van der Waals surface area contributed by atoms with E-state index in [4.69, 9.17) is 4.42 Å². The van der Waals surface area contributed by atoms with Crippen LogP contribution < -0.4 is 5.32 Å². The van der Waals surface area contributed by atoms with Gasteiger partial charge in [-0.05, 0) is 49.6 Å². The second-order valence-corrected chi connectivity index (χ2v) is 10.8. The maximum Gasteiger partial charge on any atom is 0.277 e. The van der Waals surface area contributed by atoms with Gasteiger partial charge in [0.15, 0.2) is 0 Å². The number of benzene rings is 2.